The summed E-state index contributed by atoms with van der Waals surface area (Å²) in [6, 6.07) is 8.18. The van der Waals surface area contributed by atoms with Crippen molar-refractivity contribution in [3.8, 4) is 5.75 Å². The van der Waals surface area contributed by atoms with Gasteiger partial charge in [-0.05, 0) is 69.3 Å². The molecule has 1 aliphatic carbocycles. The molecule has 2 aliphatic rings. The minimum Gasteiger partial charge on any atom is -0.497 e. The highest BCUT2D eigenvalue weighted by Gasteiger charge is 2.45. The van der Waals surface area contributed by atoms with Crippen molar-refractivity contribution in [3.05, 3.63) is 29.8 Å². The first-order valence-electron chi connectivity index (χ1n) is 9.78. The van der Waals surface area contributed by atoms with E-state index in [0.29, 0.717) is 5.91 Å². The van der Waals surface area contributed by atoms with E-state index < -0.39 is 0 Å². The van der Waals surface area contributed by atoms with Crippen molar-refractivity contribution in [2.75, 3.05) is 33.8 Å². The lowest BCUT2D eigenvalue weighted by atomic mass is 9.77. The number of nitrogens with zero attached hydrogens (tertiary/aromatic N) is 1. The summed E-state index contributed by atoms with van der Waals surface area (Å²) in [6.07, 6.45) is 7.78. The maximum Gasteiger partial charge on any atom is 0.233 e. The van der Waals surface area contributed by atoms with Crippen molar-refractivity contribution in [1.29, 1.82) is 0 Å². The summed E-state index contributed by atoms with van der Waals surface area (Å²) in [5.74, 6) is 1.98. The summed E-state index contributed by atoms with van der Waals surface area (Å²) in [7, 11) is 3.70. The highest BCUT2D eigenvalue weighted by atomic mass is 16.5. The SMILES string of the molecule is CNCCC1CCN(C(=O)C2(c3ccc(OC)cc3)CCCC2)CC1. The predicted molar refractivity (Wildman–Crippen MR) is 101 cm³/mol. The number of piperidine rings is 1. The molecule has 1 N–H and O–H groups in total. The van der Waals surface area contributed by atoms with Crippen LogP contribution >= 0.6 is 0 Å². The maximum absolute atomic E-state index is 13.5. The lowest BCUT2D eigenvalue weighted by Gasteiger charge is -2.39. The van der Waals surface area contributed by atoms with E-state index in [2.05, 4.69) is 22.3 Å². The third-order valence-electron chi connectivity index (χ3n) is 6.21. The zero-order valence-corrected chi connectivity index (χ0v) is 15.7. The van der Waals surface area contributed by atoms with Gasteiger partial charge in [-0.1, -0.05) is 25.0 Å². The number of benzene rings is 1. The number of likely N-dealkylation sites (tertiary alicyclic amines) is 1. The highest BCUT2D eigenvalue weighted by Crippen LogP contribution is 2.43. The summed E-state index contributed by atoms with van der Waals surface area (Å²) in [4.78, 5) is 15.6. The Morgan fingerprint density at radius 3 is 2.40 bits per heavy atom. The Labute approximate surface area is 151 Å². The molecule has 0 spiro atoms. The highest BCUT2D eigenvalue weighted by molar-refractivity contribution is 5.88. The summed E-state index contributed by atoms with van der Waals surface area (Å²) >= 11 is 0. The van der Waals surface area contributed by atoms with Crippen molar-refractivity contribution in [3.63, 3.8) is 0 Å². The number of hydrogen-bond donors (Lipinski definition) is 1. The van der Waals surface area contributed by atoms with Gasteiger partial charge in [0.2, 0.25) is 5.91 Å². The van der Waals surface area contributed by atoms with Gasteiger partial charge in [-0.25, -0.2) is 0 Å². The Morgan fingerprint density at radius 2 is 1.84 bits per heavy atom. The molecule has 4 heteroatoms. The molecule has 1 heterocycles. The van der Waals surface area contributed by atoms with Crippen LogP contribution < -0.4 is 10.1 Å². The maximum atomic E-state index is 13.5. The van der Waals surface area contributed by atoms with Gasteiger partial charge in [-0.2, -0.15) is 0 Å². The molecule has 0 bridgehead atoms. The smallest absolute Gasteiger partial charge is 0.233 e. The molecule has 0 aromatic heterocycles. The summed E-state index contributed by atoms with van der Waals surface area (Å²) < 4.78 is 5.29. The standard InChI is InChI=1S/C21H32N2O2/c1-22-14-9-17-10-15-23(16-11-17)20(24)21(12-3-4-13-21)18-5-7-19(25-2)8-6-18/h5-8,17,22H,3-4,9-16H2,1-2H3. The summed E-state index contributed by atoms with van der Waals surface area (Å²) in [5, 5.41) is 3.24. The molecular formula is C21H32N2O2. The number of rotatable bonds is 6. The van der Waals surface area contributed by atoms with E-state index in [1.165, 1.54) is 12.0 Å². The molecular weight excluding hydrogens is 312 g/mol. The van der Waals surface area contributed by atoms with E-state index in [1.54, 1.807) is 7.11 Å². The van der Waals surface area contributed by atoms with Crippen molar-refractivity contribution >= 4 is 5.91 Å². The van der Waals surface area contributed by atoms with Gasteiger partial charge in [0.1, 0.15) is 5.75 Å². The van der Waals surface area contributed by atoms with E-state index in [9.17, 15) is 4.79 Å². The molecule has 1 aliphatic heterocycles. The molecule has 138 valence electrons. The van der Waals surface area contributed by atoms with Gasteiger partial charge in [0, 0.05) is 13.1 Å². The first-order chi connectivity index (χ1) is 12.2. The van der Waals surface area contributed by atoms with E-state index in [-0.39, 0.29) is 5.41 Å². The number of amides is 1. The number of nitrogens with one attached hydrogen (secondary N) is 1. The number of carbonyl (C=O) groups excluding carboxylic acids is 1. The average Bonchev–Trinajstić information content (AvgIpc) is 3.17. The molecule has 1 aromatic carbocycles. The van der Waals surface area contributed by atoms with Crippen molar-refractivity contribution < 1.29 is 9.53 Å². The molecule has 0 atom stereocenters. The van der Waals surface area contributed by atoms with Gasteiger partial charge >= 0.3 is 0 Å². The lowest BCUT2D eigenvalue weighted by molar-refractivity contribution is -0.138. The Morgan fingerprint density at radius 1 is 1.20 bits per heavy atom. The van der Waals surface area contributed by atoms with Crippen LogP contribution in [0.15, 0.2) is 24.3 Å². The van der Waals surface area contributed by atoms with E-state index >= 15 is 0 Å². The molecule has 1 amide bonds. The van der Waals surface area contributed by atoms with Crippen LogP contribution in [0.1, 0.15) is 50.5 Å². The number of hydrogen-bond acceptors (Lipinski definition) is 3. The minimum atomic E-state index is -0.302. The summed E-state index contributed by atoms with van der Waals surface area (Å²) in [6.45, 7) is 2.92. The third kappa shape index (κ3) is 3.84. The van der Waals surface area contributed by atoms with Gasteiger partial charge in [0.25, 0.3) is 0 Å². The van der Waals surface area contributed by atoms with Crippen LogP contribution in [0.25, 0.3) is 0 Å². The largest absolute Gasteiger partial charge is 0.497 e. The van der Waals surface area contributed by atoms with Crippen LogP contribution in [-0.2, 0) is 10.2 Å². The second-order valence-corrected chi connectivity index (χ2v) is 7.65. The Balaban J connectivity index is 1.71. The van der Waals surface area contributed by atoms with Crippen LogP contribution in [0.3, 0.4) is 0 Å². The molecule has 3 rings (SSSR count). The third-order valence-corrected chi connectivity index (χ3v) is 6.21. The van der Waals surface area contributed by atoms with Crippen LogP contribution in [0, 0.1) is 5.92 Å². The van der Waals surface area contributed by atoms with Crippen LogP contribution in [0.5, 0.6) is 5.75 Å². The molecule has 25 heavy (non-hydrogen) atoms. The second kappa shape index (κ2) is 8.22. The molecule has 1 aromatic rings. The monoisotopic (exact) mass is 344 g/mol. The van der Waals surface area contributed by atoms with E-state index in [1.807, 2.05) is 19.2 Å². The minimum absolute atomic E-state index is 0.302. The number of methoxy groups -OCH3 is 1. The van der Waals surface area contributed by atoms with Crippen molar-refractivity contribution in [2.24, 2.45) is 5.92 Å². The first kappa shape index (κ1) is 18.2. The molecule has 0 radical (unpaired) electrons. The van der Waals surface area contributed by atoms with Crippen molar-refractivity contribution in [2.45, 2.75) is 50.4 Å². The molecule has 1 saturated carbocycles. The number of carbonyl (C=O) groups is 1. The average molecular weight is 344 g/mol. The van der Waals surface area contributed by atoms with Crippen LogP contribution in [0.2, 0.25) is 0 Å². The fourth-order valence-electron chi connectivity index (χ4n) is 4.59. The van der Waals surface area contributed by atoms with Crippen molar-refractivity contribution in [1.82, 2.24) is 10.2 Å². The Hall–Kier alpha value is -1.55. The second-order valence-electron chi connectivity index (χ2n) is 7.65. The topological polar surface area (TPSA) is 41.6 Å². The van der Waals surface area contributed by atoms with Gasteiger partial charge in [0.15, 0.2) is 0 Å². The van der Waals surface area contributed by atoms with E-state index in [0.717, 1.165) is 69.8 Å². The zero-order valence-electron chi connectivity index (χ0n) is 15.7. The van der Waals surface area contributed by atoms with Crippen LogP contribution in [-0.4, -0.2) is 44.6 Å². The predicted octanol–water partition coefficient (Wildman–Crippen LogP) is 3.36. The molecule has 4 nitrogen and oxygen atoms in total. The first-order valence-corrected chi connectivity index (χ1v) is 9.78. The zero-order chi connectivity index (χ0) is 17.7. The quantitative estimate of drug-likeness (QED) is 0.860. The van der Waals surface area contributed by atoms with Gasteiger partial charge < -0.3 is 15.0 Å². The van der Waals surface area contributed by atoms with Gasteiger partial charge in [-0.15, -0.1) is 0 Å². The normalized spacial score (nSPS) is 20.6. The van der Waals surface area contributed by atoms with Crippen LogP contribution in [0.4, 0.5) is 0 Å². The van der Waals surface area contributed by atoms with E-state index in [4.69, 9.17) is 4.74 Å². The molecule has 2 fully saturated rings. The molecule has 0 unspecified atom stereocenters. The molecule has 1 saturated heterocycles. The Kier molecular flexibility index (Phi) is 6.00. The fourth-order valence-corrected chi connectivity index (χ4v) is 4.59. The fraction of sp³-hybridized carbons (Fsp3) is 0.667. The Bertz CT molecular complexity index is 556. The summed E-state index contributed by atoms with van der Waals surface area (Å²) in [5.41, 5.74) is 0.873. The van der Waals surface area contributed by atoms with Gasteiger partial charge in [-0.3, -0.25) is 4.79 Å². The lowest BCUT2D eigenvalue weighted by Crippen LogP contribution is -2.48. The van der Waals surface area contributed by atoms with Gasteiger partial charge in [0.05, 0.1) is 12.5 Å². The number of ether oxygens (including phenoxy) is 1.